The fourth-order valence-corrected chi connectivity index (χ4v) is 4.04. The van der Waals surface area contributed by atoms with Gasteiger partial charge in [0, 0.05) is 24.8 Å². The summed E-state index contributed by atoms with van der Waals surface area (Å²) in [6, 6.07) is 15.4. The van der Waals surface area contributed by atoms with Gasteiger partial charge < -0.3 is 20.5 Å². The summed E-state index contributed by atoms with van der Waals surface area (Å²) in [6.07, 6.45) is 4.08. The molecule has 1 aliphatic heterocycles. The molecule has 2 aromatic carbocycles. The molecule has 4 aromatic rings. The van der Waals surface area contributed by atoms with Crippen LogP contribution in [0, 0.1) is 5.82 Å². The van der Waals surface area contributed by atoms with Crippen LogP contribution in [0.5, 0.6) is 11.5 Å². The highest BCUT2D eigenvalue weighted by atomic mass is 19.1. The third kappa shape index (κ3) is 3.97. The van der Waals surface area contributed by atoms with Crippen molar-refractivity contribution in [2.45, 2.75) is 6.42 Å². The second-order valence-corrected chi connectivity index (χ2v) is 7.85. The molecule has 0 saturated heterocycles. The van der Waals surface area contributed by atoms with E-state index in [1.54, 1.807) is 45.8 Å². The number of hydrogen-bond acceptors (Lipinski definition) is 6. The Labute approximate surface area is 194 Å². The average molecular weight is 459 g/mol. The molecule has 3 heterocycles. The number of hydrogen-bond donors (Lipinski definition) is 2. The molecule has 0 unspecified atom stereocenters. The molecule has 8 nitrogen and oxygen atoms in total. The largest absolute Gasteiger partial charge is 0.454 e. The van der Waals surface area contributed by atoms with Crippen LogP contribution in [0.3, 0.4) is 0 Å². The molecule has 0 aliphatic carbocycles. The number of carbonyl (C=O) groups excluding carboxylic acids is 1. The van der Waals surface area contributed by atoms with Gasteiger partial charge in [-0.2, -0.15) is 0 Å². The first-order valence-electron chi connectivity index (χ1n) is 10.8. The molecule has 0 saturated carbocycles. The van der Waals surface area contributed by atoms with Gasteiger partial charge in [0.1, 0.15) is 18.2 Å². The average Bonchev–Trinajstić information content (AvgIpc) is 3.26. The molecule has 0 bridgehead atoms. The molecule has 34 heavy (non-hydrogen) atoms. The molecule has 2 aromatic heterocycles. The molecule has 0 radical (unpaired) electrons. The predicted molar refractivity (Wildman–Crippen MR) is 126 cm³/mol. The first kappa shape index (κ1) is 21.6. The van der Waals surface area contributed by atoms with Gasteiger partial charge in [0.25, 0.3) is 0 Å². The summed E-state index contributed by atoms with van der Waals surface area (Å²) in [5, 5.41) is 9.11. The third-order valence-electron chi connectivity index (χ3n) is 5.74. The first-order valence-corrected chi connectivity index (χ1v) is 10.8. The van der Waals surface area contributed by atoms with E-state index in [9.17, 15) is 9.18 Å². The van der Waals surface area contributed by atoms with Crippen molar-refractivity contribution >= 4 is 22.9 Å². The Morgan fingerprint density at radius 3 is 2.71 bits per heavy atom. The van der Waals surface area contributed by atoms with Gasteiger partial charge in [-0.1, -0.05) is 24.3 Å². The van der Waals surface area contributed by atoms with Crippen molar-refractivity contribution in [1.29, 1.82) is 0 Å². The zero-order valence-corrected chi connectivity index (χ0v) is 18.2. The van der Waals surface area contributed by atoms with Gasteiger partial charge >= 0.3 is 0 Å². The molecule has 3 N–H and O–H groups in total. The molecule has 0 spiro atoms. The van der Waals surface area contributed by atoms with Crippen molar-refractivity contribution in [1.82, 2.24) is 19.3 Å². The molecule has 5 rings (SSSR count). The van der Waals surface area contributed by atoms with E-state index in [1.807, 2.05) is 24.3 Å². The second kappa shape index (κ2) is 8.95. The summed E-state index contributed by atoms with van der Waals surface area (Å²) >= 11 is 0. The number of imidazole rings is 1. The van der Waals surface area contributed by atoms with Crippen molar-refractivity contribution in [3.63, 3.8) is 0 Å². The standard InChI is InChI=1S/C25H22FN5O3/c26-19-14-17(6-7-21(19)34-18-4-2-1-3-5-18)24-29-23(20-8-11-28-25(27)31(20)24)16-9-12-30(13-10-16)22(33)15-32/h1-9,11,14,32H,10,12-13,15H2,(H2,27,28). The molecule has 0 fully saturated rings. The normalized spacial score (nSPS) is 13.7. The summed E-state index contributed by atoms with van der Waals surface area (Å²) in [7, 11) is 0. The fraction of sp³-hybridized carbons (Fsp3) is 0.160. The predicted octanol–water partition coefficient (Wildman–Crippen LogP) is 3.52. The van der Waals surface area contributed by atoms with Gasteiger partial charge in [-0.05, 0) is 48.4 Å². The van der Waals surface area contributed by atoms with Crippen molar-refractivity contribution in [2.24, 2.45) is 0 Å². The Balaban J connectivity index is 1.53. The lowest BCUT2D eigenvalue weighted by Gasteiger charge is -2.25. The number of carbonyl (C=O) groups is 1. The van der Waals surface area contributed by atoms with E-state index < -0.39 is 12.4 Å². The maximum absolute atomic E-state index is 15.0. The van der Waals surface area contributed by atoms with Crippen LogP contribution in [0.4, 0.5) is 10.3 Å². The third-order valence-corrected chi connectivity index (χ3v) is 5.74. The van der Waals surface area contributed by atoms with Crippen LogP contribution in [0.25, 0.3) is 22.5 Å². The Bertz CT molecular complexity index is 1400. The summed E-state index contributed by atoms with van der Waals surface area (Å²) in [5.41, 5.74) is 9.08. The first-order chi connectivity index (χ1) is 16.5. The SMILES string of the molecule is Nc1nccc2c(C3=CCN(C(=O)CO)CC3)nc(-c3ccc(Oc4ccccc4)c(F)c3)n12. The minimum Gasteiger partial charge on any atom is -0.454 e. The lowest BCUT2D eigenvalue weighted by Crippen LogP contribution is -2.36. The molecule has 1 amide bonds. The Morgan fingerprint density at radius 2 is 2.00 bits per heavy atom. The maximum atomic E-state index is 15.0. The number of halogens is 1. The molecule has 1 aliphatic rings. The summed E-state index contributed by atoms with van der Waals surface area (Å²) in [6.45, 7) is 0.336. The zero-order chi connectivity index (χ0) is 23.7. The zero-order valence-electron chi connectivity index (χ0n) is 18.2. The monoisotopic (exact) mass is 459 g/mol. The van der Waals surface area contributed by atoms with Crippen LogP contribution in [0.1, 0.15) is 12.1 Å². The van der Waals surface area contributed by atoms with Crippen molar-refractivity contribution in [3.8, 4) is 22.9 Å². The van der Waals surface area contributed by atoms with Gasteiger partial charge in [-0.15, -0.1) is 0 Å². The van der Waals surface area contributed by atoms with Crippen molar-refractivity contribution in [3.05, 3.63) is 78.4 Å². The number of nitrogen functional groups attached to an aromatic ring is 1. The van der Waals surface area contributed by atoms with Gasteiger partial charge in [-0.3, -0.25) is 9.20 Å². The summed E-state index contributed by atoms with van der Waals surface area (Å²) in [5.74, 6) is 0.477. The number of benzene rings is 2. The van der Waals surface area contributed by atoms with Crippen molar-refractivity contribution < 1.29 is 19.0 Å². The van der Waals surface area contributed by atoms with E-state index in [4.69, 9.17) is 20.6 Å². The van der Waals surface area contributed by atoms with Crippen molar-refractivity contribution in [2.75, 3.05) is 25.4 Å². The van der Waals surface area contributed by atoms with Crippen LogP contribution < -0.4 is 10.5 Å². The number of ether oxygens (including phenoxy) is 1. The van der Waals surface area contributed by atoms with Crippen LogP contribution in [0.2, 0.25) is 0 Å². The quantitative estimate of drug-likeness (QED) is 0.473. The van der Waals surface area contributed by atoms with Crippen LogP contribution in [0.15, 0.2) is 66.9 Å². The van der Waals surface area contributed by atoms with E-state index in [2.05, 4.69) is 4.98 Å². The van der Waals surface area contributed by atoms with E-state index in [-0.39, 0.29) is 17.6 Å². The van der Waals surface area contributed by atoms with Crippen LogP contribution >= 0.6 is 0 Å². The van der Waals surface area contributed by atoms with Crippen LogP contribution in [-0.2, 0) is 4.79 Å². The summed E-state index contributed by atoms with van der Waals surface area (Å²) < 4.78 is 22.3. The highest BCUT2D eigenvalue weighted by Crippen LogP contribution is 2.33. The number of rotatable bonds is 5. The summed E-state index contributed by atoms with van der Waals surface area (Å²) in [4.78, 5) is 22.3. The molecular weight excluding hydrogens is 437 g/mol. The van der Waals surface area contributed by atoms with Gasteiger partial charge in [0.15, 0.2) is 11.6 Å². The smallest absolute Gasteiger partial charge is 0.248 e. The number of nitrogens with zero attached hydrogens (tertiary/aromatic N) is 4. The molecular formula is C25H22FN5O3. The number of nitrogens with two attached hydrogens (primary N) is 1. The lowest BCUT2D eigenvalue weighted by atomic mass is 10.0. The van der Waals surface area contributed by atoms with E-state index in [0.717, 1.165) is 11.1 Å². The number of anilines is 1. The van der Waals surface area contributed by atoms with E-state index >= 15 is 0 Å². The molecule has 172 valence electrons. The Kier molecular flexibility index (Phi) is 5.69. The topological polar surface area (TPSA) is 106 Å². The highest BCUT2D eigenvalue weighted by Gasteiger charge is 2.23. The Hall–Kier alpha value is -4.24. The highest BCUT2D eigenvalue weighted by molar-refractivity contribution is 5.83. The number of aliphatic hydroxyl groups excluding tert-OH is 1. The van der Waals surface area contributed by atoms with E-state index in [0.29, 0.717) is 42.3 Å². The number of amides is 1. The molecule has 0 atom stereocenters. The number of fused-ring (bicyclic) bond motifs is 1. The second-order valence-electron chi connectivity index (χ2n) is 7.85. The fourth-order valence-electron chi connectivity index (χ4n) is 4.04. The van der Waals surface area contributed by atoms with E-state index in [1.165, 1.54) is 6.07 Å². The number of para-hydroxylation sites is 1. The number of aromatic nitrogens is 3. The number of aliphatic hydroxyl groups is 1. The maximum Gasteiger partial charge on any atom is 0.248 e. The molecule has 9 heteroatoms. The van der Waals surface area contributed by atoms with Gasteiger partial charge in [0.05, 0.1) is 11.2 Å². The Morgan fingerprint density at radius 1 is 1.18 bits per heavy atom. The van der Waals surface area contributed by atoms with Crippen LogP contribution in [-0.4, -0.2) is 50.0 Å². The lowest BCUT2D eigenvalue weighted by molar-refractivity contribution is -0.133. The minimum atomic E-state index is -0.530. The minimum absolute atomic E-state index is 0.103. The van der Waals surface area contributed by atoms with Gasteiger partial charge in [-0.25, -0.2) is 14.4 Å². The van der Waals surface area contributed by atoms with Gasteiger partial charge in [0.2, 0.25) is 11.9 Å².